The molecule has 0 radical (unpaired) electrons. The van der Waals surface area contributed by atoms with Crippen LogP contribution in [0, 0.1) is 29.1 Å². The van der Waals surface area contributed by atoms with Gasteiger partial charge < -0.3 is 4.40 Å². The van der Waals surface area contributed by atoms with E-state index in [9.17, 15) is 0 Å². The Bertz CT molecular complexity index is 3620. The van der Waals surface area contributed by atoms with Crippen LogP contribution in [0.3, 0.4) is 0 Å². The molecule has 76 heavy (non-hydrogen) atoms. The summed E-state index contributed by atoms with van der Waals surface area (Å²) >= 11 is 0. The van der Waals surface area contributed by atoms with E-state index in [0.29, 0.717) is 30.0 Å². The third kappa shape index (κ3) is 6.36. The second kappa shape index (κ2) is 16.2. The van der Waals surface area contributed by atoms with Gasteiger partial charge >= 0.3 is 0 Å². The molecule has 3 nitrogen and oxygen atoms in total. The molecule has 2 bridgehead atoms. The minimum Gasteiger partial charge on any atom is -0.308 e. The van der Waals surface area contributed by atoms with Crippen LogP contribution >= 0.6 is 0 Å². The molecule has 0 saturated heterocycles. The average Bonchev–Trinajstić information content (AvgIpc) is 3.26. The minimum atomic E-state index is -0.386. The standard InChI is InChI=1S/C73H91NO2/c1-40(2)22-20-28-71(41(3)4)29-21-23-58(75)48-38-56-50(36-54(48)71)61-59-46-26-24-44(66(9,10)11)34-52(46)68(15,16)70(19)63(59)60(47-27-25-45(67(12,13)14)35-53(47)69(70,17)18)62-51-37-55-49(39-57(51)74(56)64(61)62)65(76)73(43(7)8)32-30-72(55,31-33-73)42(5)6/h24-27,34-43H,20-23,28-33H2,1-19H3. The van der Waals surface area contributed by atoms with Gasteiger partial charge in [0, 0.05) is 60.8 Å². The Balaban J connectivity index is 1.37. The Hall–Kier alpha value is -4.76. The highest BCUT2D eigenvalue weighted by molar-refractivity contribution is 6.33. The highest BCUT2D eigenvalue weighted by Gasteiger charge is 2.62. The zero-order chi connectivity index (χ0) is 54.7. The normalized spacial score (nSPS) is 25.8. The molecule has 2 aromatic heterocycles. The van der Waals surface area contributed by atoms with Crippen LogP contribution < -0.4 is 0 Å². The quantitative estimate of drug-likeness (QED) is 0.149. The van der Waals surface area contributed by atoms with Crippen molar-refractivity contribution in [2.24, 2.45) is 29.1 Å². The molecule has 1 saturated carbocycles. The molecule has 5 aromatic carbocycles. The van der Waals surface area contributed by atoms with Gasteiger partial charge in [0.2, 0.25) is 0 Å². The van der Waals surface area contributed by atoms with Crippen LogP contribution in [-0.2, 0) is 37.9 Å². The van der Waals surface area contributed by atoms with E-state index in [1.54, 1.807) is 0 Å². The van der Waals surface area contributed by atoms with Crippen molar-refractivity contribution in [3.63, 3.8) is 0 Å². The van der Waals surface area contributed by atoms with Gasteiger partial charge in [-0.05, 0) is 176 Å². The van der Waals surface area contributed by atoms with Crippen molar-refractivity contribution in [1.29, 1.82) is 0 Å². The number of aromatic nitrogens is 1. The lowest BCUT2D eigenvalue weighted by Gasteiger charge is -2.61. The zero-order valence-corrected chi connectivity index (χ0v) is 50.4. The third-order valence-corrected chi connectivity index (χ3v) is 23.5. The van der Waals surface area contributed by atoms with Crippen molar-refractivity contribution < 1.29 is 9.59 Å². The van der Waals surface area contributed by atoms with Gasteiger partial charge in [-0.25, -0.2) is 0 Å². The first-order chi connectivity index (χ1) is 35.4. The second-order valence-electron chi connectivity index (χ2n) is 30.6. The van der Waals surface area contributed by atoms with Gasteiger partial charge in [-0.1, -0.05) is 181 Å². The summed E-state index contributed by atoms with van der Waals surface area (Å²) in [7, 11) is 0. The number of ketones is 2. The molecular formula is C73H91NO2. The maximum atomic E-state index is 15.9. The Morgan fingerprint density at radius 3 is 1.50 bits per heavy atom. The van der Waals surface area contributed by atoms with Crippen molar-refractivity contribution >= 4 is 49.7 Å². The lowest BCUT2D eigenvalue weighted by molar-refractivity contribution is 0.0474. The summed E-state index contributed by atoms with van der Waals surface area (Å²) in [6.07, 6.45) is 9.90. The van der Waals surface area contributed by atoms with Crippen LogP contribution in [0.2, 0.25) is 0 Å². The largest absolute Gasteiger partial charge is 0.308 e. The second-order valence-corrected chi connectivity index (χ2v) is 30.6. The maximum Gasteiger partial charge on any atom is 0.169 e. The van der Waals surface area contributed by atoms with E-state index in [2.05, 4.69) is 197 Å². The van der Waals surface area contributed by atoms with Crippen LogP contribution in [0.4, 0.5) is 0 Å². The SMILES string of the molecule is CC(C)CCCC1(C(C)C)CCCC(=O)c2cc3c(cc21)c1c2c4c(c5c6cc7c(cc6n3c15)C(=O)C1(C(C)C)CCC7(C(C)C)CC1)-c1ccc(C(C)(C)C)cc1C(C)(C)C4(C)C(C)(C)c1cc(C(C)(C)C)ccc1-2. The van der Waals surface area contributed by atoms with E-state index in [1.165, 1.54) is 94.7 Å². The van der Waals surface area contributed by atoms with Crippen molar-refractivity contribution in [3.8, 4) is 22.3 Å². The molecule has 6 aliphatic rings. The van der Waals surface area contributed by atoms with Crippen molar-refractivity contribution in [2.75, 3.05) is 0 Å². The molecule has 2 heterocycles. The third-order valence-electron chi connectivity index (χ3n) is 23.5. The number of carbonyl (C=O) groups is 2. The molecule has 3 heteroatoms. The number of rotatable bonds is 7. The lowest BCUT2D eigenvalue weighted by atomic mass is 9.41. The zero-order valence-electron chi connectivity index (χ0n) is 50.4. The van der Waals surface area contributed by atoms with Gasteiger partial charge in [0.25, 0.3) is 0 Å². The van der Waals surface area contributed by atoms with E-state index in [-0.39, 0.29) is 55.0 Å². The number of benzene rings is 5. The highest BCUT2D eigenvalue weighted by Crippen LogP contribution is 2.71. The fraction of sp³-hybridized carbons (Fsp3) is 0.562. The Kier molecular flexibility index (Phi) is 11.1. The van der Waals surface area contributed by atoms with E-state index in [0.717, 1.165) is 73.5 Å². The fourth-order valence-corrected chi connectivity index (χ4v) is 18.0. The lowest BCUT2D eigenvalue weighted by Crippen LogP contribution is -2.58. The Morgan fingerprint density at radius 2 is 1.03 bits per heavy atom. The van der Waals surface area contributed by atoms with Crippen LogP contribution in [0.1, 0.15) is 255 Å². The van der Waals surface area contributed by atoms with Crippen LogP contribution in [0.15, 0.2) is 60.7 Å². The number of Topliss-reactive ketones (excluding diaryl/α,β-unsaturated/α-hetero) is 2. The molecule has 2 atom stereocenters. The molecule has 7 aromatic rings. The number of fused-ring (bicyclic) bond motifs is 15. The number of hydrogen-bond donors (Lipinski definition) is 0. The van der Waals surface area contributed by atoms with Crippen LogP contribution in [0.25, 0.3) is 60.3 Å². The predicted octanol–water partition coefficient (Wildman–Crippen LogP) is 20.0. The summed E-state index contributed by atoms with van der Waals surface area (Å²) in [6.45, 7) is 46.2. The predicted molar refractivity (Wildman–Crippen MR) is 323 cm³/mol. The van der Waals surface area contributed by atoms with E-state index in [1.807, 2.05) is 0 Å². The molecule has 0 aliphatic heterocycles. The summed E-state index contributed by atoms with van der Waals surface area (Å²) in [4.78, 5) is 31.0. The minimum absolute atomic E-state index is 0.0370. The molecule has 6 aliphatic carbocycles. The molecule has 0 amide bonds. The molecule has 400 valence electrons. The highest BCUT2D eigenvalue weighted by atomic mass is 16.1. The molecular weight excluding hydrogens is 923 g/mol. The van der Waals surface area contributed by atoms with Gasteiger partial charge in [0.15, 0.2) is 11.6 Å². The summed E-state index contributed by atoms with van der Waals surface area (Å²) in [5.41, 5.74) is 18.8. The Labute approximate surface area is 457 Å². The topological polar surface area (TPSA) is 38.5 Å². The monoisotopic (exact) mass is 1010 g/mol. The van der Waals surface area contributed by atoms with Gasteiger partial charge in [-0.3, -0.25) is 9.59 Å². The fourth-order valence-electron chi connectivity index (χ4n) is 18.0. The molecule has 0 spiro atoms. The summed E-state index contributed by atoms with van der Waals surface area (Å²) < 4.78 is 2.61. The van der Waals surface area contributed by atoms with Crippen molar-refractivity contribution in [3.05, 3.63) is 111 Å². The van der Waals surface area contributed by atoms with Gasteiger partial charge in [0.05, 0.1) is 16.6 Å². The van der Waals surface area contributed by atoms with E-state index < -0.39 is 0 Å². The first kappa shape index (κ1) is 52.0. The molecule has 2 unspecified atom stereocenters. The number of carbonyl (C=O) groups excluding carboxylic acids is 2. The average molecular weight is 1010 g/mol. The number of nitrogens with zero attached hydrogens (tertiary/aromatic N) is 1. The van der Waals surface area contributed by atoms with Gasteiger partial charge in [0.1, 0.15) is 0 Å². The maximum absolute atomic E-state index is 15.9. The van der Waals surface area contributed by atoms with E-state index >= 15 is 9.59 Å². The van der Waals surface area contributed by atoms with Crippen LogP contribution in [-0.4, -0.2) is 16.0 Å². The smallest absolute Gasteiger partial charge is 0.169 e. The summed E-state index contributed by atoms with van der Waals surface area (Å²) in [6, 6.07) is 25.1. The van der Waals surface area contributed by atoms with Gasteiger partial charge in [-0.15, -0.1) is 0 Å². The molecule has 13 rings (SSSR count). The van der Waals surface area contributed by atoms with Crippen molar-refractivity contribution in [2.45, 2.75) is 234 Å². The summed E-state index contributed by atoms with van der Waals surface area (Å²) in [5, 5.41) is 5.19. The summed E-state index contributed by atoms with van der Waals surface area (Å²) in [5.74, 6) is 2.25. The first-order valence-corrected chi connectivity index (χ1v) is 30.2. The van der Waals surface area contributed by atoms with Crippen molar-refractivity contribution in [1.82, 2.24) is 4.40 Å². The first-order valence-electron chi connectivity index (χ1n) is 30.2. The number of hydrogen-bond acceptors (Lipinski definition) is 2. The van der Waals surface area contributed by atoms with Gasteiger partial charge in [-0.2, -0.15) is 0 Å². The van der Waals surface area contributed by atoms with Crippen LogP contribution in [0.5, 0.6) is 0 Å². The molecule has 0 N–H and O–H groups in total. The Morgan fingerprint density at radius 1 is 0.539 bits per heavy atom. The van der Waals surface area contributed by atoms with E-state index in [4.69, 9.17) is 0 Å². The molecule has 1 fully saturated rings.